The molecule has 0 unspecified atom stereocenters. The number of hydrogen-bond acceptors (Lipinski definition) is 5. The first-order valence-electron chi connectivity index (χ1n) is 6.04. The second kappa shape index (κ2) is 5.96. The summed E-state index contributed by atoms with van der Waals surface area (Å²) in [4.78, 5) is 35.9. The smallest absolute Gasteiger partial charge is 0.427 e. The van der Waals surface area contributed by atoms with Crippen molar-refractivity contribution in [3.05, 3.63) is 35.4 Å². The highest BCUT2D eigenvalue weighted by Gasteiger charge is 2.34. The molecule has 104 valence electrons. The average molecular weight is 275 g/mol. The summed E-state index contributed by atoms with van der Waals surface area (Å²) in [5, 5.41) is 3.59. The van der Waals surface area contributed by atoms with Crippen LogP contribution in [0.1, 0.15) is 27.6 Å². The summed E-state index contributed by atoms with van der Waals surface area (Å²) in [5.74, 6) is -0.735. The maximum Gasteiger partial charge on any atom is 0.427 e. The van der Waals surface area contributed by atoms with Gasteiger partial charge in [0.15, 0.2) is 0 Å². The van der Waals surface area contributed by atoms with Crippen LogP contribution < -0.4 is 5.43 Å². The fraction of sp³-hybridized carbons (Fsp3) is 0.231. The van der Waals surface area contributed by atoms with E-state index in [1.165, 1.54) is 6.21 Å². The maximum atomic E-state index is 12.0. The lowest BCUT2D eigenvalue weighted by atomic mass is 10.1. The third-order valence-corrected chi connectivity index (χ3v) is 2.66. The molecule has 0 spiro atoms. The lowest BCUT2D eigenvalue weighted by Gasteiger charge is -2.09. The number of hydrogen-bond donors (Lipinski definition) is 1. The molecule has 0 aromatic heterocycles. The molecule has 0 bridgehead atoms. The number of carbonyl (C=O) groups is 3. The highest BCUT2D eigenvalue weighted by molar-refractivity contribution is 6.22. The molecule has 0 aliphatic carbocycles. The minimum absolute atomic E-state index is 0.0151. The summed E-state index contributed by atoms with van der Waals surface area (Å²) in [6, 6.07) is 6.60. The standard InChI is InChI=1S/C13H13N3O4/c1-2-20-13(19)15-14-7-8-16-11(17)9-5-3-4-6-10(9)12(16)18/h3-7H,2,8H2,1H3,(H,15,19)/b14-7+. The molecule has 3 amide bonds. The van der Waals surface area contributed by atoms with E-state index < -0.39 is 6.09 Å². The molecule has 2 rings (SSSR count). The molecule has 20 heavy (non-hydrogen) atoms. The molecule has 7 nitrogen and oxygen atoms in total. The van der Waals surface area contributed by atoms with Gasteiger partial charge < -0.3 is 4.74 Å². The highest BCUT2D eigenvalue weighted by atomic mass is 16.5. The molecule has 1 aromatic rings. The number of nitrogens with zero attached hydrogens (tertiary/aromatic N) is 2. The van der Waals surface area contributed by atoms with Gasteiger partial charge in [-0.05, 0) is 19.1 Å². The quantitative estimate of drug-likeness (QED) is 0.504. The fourth-order valence-electron chi connectivity index (χ4n) is 1.79. The molecule has 1 aromatic carbocycles. The Kier molecular flexibility index (Phi) is 4.09. The van der Waals surface area contributed by atoms with Gasteiger partial charge in [0.25, 0.3) is 11.8 Å². The second-order valence-electron chi connectivity index (χ2n) is 3.91. The van der Waals surface area contributed by atoms with E-state index in [2.05, 4.69) is 15.3 Å². The highest BCUT2D eigenvalue weighted by Crippen LogP contribution is 2.21. The summed E-state index contributed by atoms with van der Waals surface area (Å²) in [6.45, 7) is 1.89. The Morgan fingerprint density at radius 1 is 1.30 bits per heavy atom. The number of benzene rings is 1. The van der Waals surface area contributed by atoms with Crippen molar-refractivity contribution in [1.82, 2.24) is 10.3 Å². The Morgan fingerprint density at radius 3 is 2.45 bits per heavy atom. The molecule has 0 radical (unpaired) electrons. The van der Waals surface area contributed by atoms with Gasteiger partial charge in [0.2, 0.25) is 0 Å². The molecule has 7 heteroatoms. The zero-order chi connectivity index (χ0) is 14.5. The zero-order valence-corrected chi connectivity index (χ0v) is 10.8. The van der Waals surface area contributed by atoms with Gasteiger partial charge in [-0.1, -0.05) is 12.1 Å². The summed E-state index contributed by atoms with van der Waals surface area (Å²) in [5.41, 5.74) is 2.88. The van der Waals surface area contributed by atoms with E-state index >= 15 is 0 Å². The predicted molar refractivity (Wildman–Crippen MR) is 70.5 cm³/mol. The molecule has 1 N–H and O–H groups in total. The summed E-state index contributed by atoms with van der Waals surface area (Å²) >= 11 is 0. The number of fused-ring (bicyclic) bond motifs is 1. The lowest BCUT2D eigenvalue weighted by Crippen LogP contribution is -2.32. The van der Waals surface area contributed by atoms with Crippen LogP contribution in [-0.2, 0) is 4.74 Å². The van der Waals surface area contributed by atoms with E-state index in [1.54, 1.807) is 31.2 Å². The van der Waals surface area contributed by atoms with Crippen molar-refractivity contribution in [3.63, 3.8) is 0 Å². The van der Waals surface area contributed by atoms with Crippen molar-refractivity contribution >= 4 is 24.1 Å². The van der Waals surface area contributed by atoms with Crippen LogP contribution in [0.4, 0.5) is 4.79 Å². The van der Waals surface area contributed by atoms with Crippen molar-refractivity contribution in [1.29, 1.82) is 0 Å². The summed E-state index contributed by atoms with van der Waals surface area (Å²) < 4.78 is 4.60. The van der Waals surface area contributed by atoms with E-state index in [0.717, 1.165) is 4.90 Å². The molecular weight excluding hydrogens is 262 g/mol. The molecule has 1 aliphatic rings. The van der Waals surface area contributed by atoms with Gasteiger partial charge >= 0.3 is 6.09 Å². The van der Waals surface area contributed by atoms with Crippen LogP contribution in [0.25, 0.3) is 0 Å². The maximum absolute atomic E-state index is 12.0. The average Bonchev–Trinajstić information content (AvgIpc) is 2.69. The van der Waals surface area contributed by atoms with Crippen LogP contribution in [0, 0.1) is 0 Å². The molecule has 1 aliphatic heterocycles. The van der Waals surface area contributed by atoms with Gasteiger partial charge in [0, 0.05) is 6.21 Å². The van der Waals surface area contributed by atoms with Gasteiger partial charge in [-0.15, -0.1) is 0 Å². The number of carbonyl (C=O) groups excluding carboxylic acids is 3. The van der Waals surface area contributed by atoms with Gasteiger partial charge in [-0.25, -0.2) is 10.2 Å². The van der Waals surface area contributed by atoms with Crippen LogP contribution in [0.2, 0.25) is 0 Å². The molecule has 0 saturated heterocycles. The Morgan fingerprint density at radius 2 is 1.90 bits per heavy atom. The van der Waals surface area contributed by atoms with Crippen LogP contribution in [0.5, 0.6) is 0 Å². The molecule has 0 fully saturated rings. The minimum atomic E-state index is -0.689. The van der Waals surface area contributed by atoms with Gasteiger partial charge in [-0.2, -0.15) is 5.10 Å². The van der Waals surface area contributed by atoms with Gasteiger partial charge in [0.1, 0.15) is 0 Å². The van der Waals surface area contributed by atoms with Gasteiger partial charge in [0.05, 0.1) is 24.3 Å². The predicted octanol–water partition coefficient (Wildman–Crippen LogP) is 1.01. The Balaban J connectivity index is 1.96. The first-order valence-corrected chi connectivity index (χ1v) is 6.04. The van der Waals surface area contributed by atoms with E-state index in [-0.39, 0.29) is 25.0 Å². The van der Waals surface area contributed by atoms with E-state index in [9.17, 15) is 14.4 Å². The number of imide groups is 1. The molecule has 0 saturated carbocycles. The Labute approximate surface area is 115 Å². The number of nitrogens with one attached hydrogen (secondary N) is 1. The third kappa shape index (κ3) is 2.66. The zero-order valence-electron chi connectivity index (χ0n) is 10.8. The second-order valence-corrected chi connectivity index (χ2v) is 3.91. The third-order valence-electron chi connectivity index (χ3n) is 2.66. The van der Waals surface area contributed by atoms with Crippen LogP contribution >= 0.6 is 0 Å². The largest absolute Gasteiger partial charge is 0.449 e. The van der Waals surface area contributed by atoms with E-state index in [1.807, 2.05) is 0 Å². The lowest BCUT2D eigenvalue weighted by molar-refractivity contribution is 0.0679. The van der Waals surface area contributed by atoms with Crippen molar-refractivity contribution in [2.24, 2.45) is 5.10 Å². The van der Waals surface area contributed by atoms with Crippen LogP contribution in [-0.4, -0.2) is 42.2 Å². The SMILES string of the molecule is CCOC(=O)N/N=C/CN1C(=O)c2ccccc2C1=O. The van der Waals surface area contributed by atoms with Crippen LogP contribution in [0.3, 0.4) is 0 Å². The normalized spacial score (nSPS) is 13.8. The number of hydrazone groups is 1. The number of rotatable bonds is 4. The van der Waals surface area contributed by atoms with Crippen molar-refractivity contribution in [2.75, 3.05) is 13.2 Å². The minimum Gasteiger partial charge on any atom is -0.449 e. The number of ether oxygens (including phenoxy) is 1. The Hall–Kier alpha value is -2.70. The summed E-state index contributed by atoms with van der Waals surface area (Å²) in [7, 11) is 0. The first kappa shape index (κ1) is 13.7. The van der Waals surface area contributed by atoms with Crippen molar-refractivity contribution < 1.29 is 19.1 Å². The van der Waals surface area contributed by atoms with Crippen molar-refractivity contribution in [2.45, 2.75) is 6.92 Å². The monoisotopic (exact) mass is 275 g/mol. The molecule has 1 heterocycles. The van der Waals surface area contributed by atoms with E-state index in [4.69, 9.17) is 0 Å². The summed E-state index contributed by atoms with van der Waals surface area (Å²) in [6.07, 6.45) is 0.574. The van der Waals surface area contributed by atoms with E-state index in [0.29, 0.717) is 11.1 Å². The molecule has 0 atom stereocenters. The topological polar surface area (TPSA) is 88.1 Å². The first-order chi connectivity index (χ1) is 9.65. The van der Waals surface area contributed by atoms with Gasteiger partial charge in [-0.3, -0.25) is 14.5 Å². The van der Waals surface area contributed by atoms with Crippen LogP contribution in [0.15, 0.2) is 29.4 Å². The fourth-order valence-corrected chi connectivity index (χ4v) is 1.79. The number of amides is 3. The van der Waals surface area contributed by atoms with Crippen molar-refractivity contribution in [3.8, 4) is 0 Å². The molecular formula is C13H13N3O4. The Bertz CT molecular complexity index is 548.